The summed E-state index contributed by atoms with van der Waals surface area (Å²) in [6.45, 7) is 4.85. The van der Waals surface area contributed by atoms with Gasteiger partial charge in [0.15, 0.2) is 5.54 Å². The van der Waals surface area contributed by atoms with Crippen molar-refractivity contribution in [2.24, 2.45) is 0 Å². The third-order valence-electron chi connectivity index (χ3n) is 7.58. The maximum Gasteiger partial charge on any atom is 0.255 e. The van der Waals surface area contributed by atoms with Gasteiger partial charge < -0.3 is 14.8 Å². The molecule has 2 amide bonds. The topological polar surface area (TPSA) is 56.4 Å². The highest BCUT2D eigenvalue weighted by molar-refractivity contribution is 6.30. The summed E-state index contributed by atoms with van der Waals surface area (Å²) >= 11 is 6.17. The number of aromatic nitrogens is 1. The predicted octanol–water partition coefficient (Wildman–Crippen LogP) is 5.36. The van der Waals surface area contributed by atoms with Crippen LogP contribution in [0, 0.1) is 6.92 Å². The van der Waals surface area contributed by atoms with E-state index in [2.05, 4.69) is 11.1 Å². The summed E-state index contributed by atoms with van der Waals surface area (Å²) in [5.74, 6) is -0.158. The van der Waals surface area contributed by atoms with Crippen LogP contribution in [0.4, 0.5) is 0 Å². The molecule has 0 saturated carbocycles. The van der Waals surface area contributed by atoms with Crippen LogP contribution in [-0.2, 0) is 21.7 Å². The minimum Gasteiger partial charge on any atom is -0.356 e. The molecule has 0 bridgehead atoms. The standard InChI is InChI=1S/C29H26ClN3O2/c1-18-7-9-19(10-8-18)15-32-17-25(34)33-16-23(20-11-13-21(30)14-12-20)26-22-5-3-4-6-24(22)31-27(26)29(33,2)28(32)35/h3-14,23,31H,15-17H2,1-2H3. The molecule has 6 heteroatoms. The second-order valence-corrected chi connectivity index (χ2v) is 10.2. The number of nitrogens with one attached hydrogen (secondary N) is 1. The van der Waals surface area contributed by atoms with Crippen molar-refractivity contribution in [3.8, 4) is 0 Å². The van der Waals surface area contributed by atoms with Crippen LogP contribution in [0.1, 0.15) is 40.8 Å². The molecule has 1 N–H and O–H groups in total. The third kappa shape index (κ3) is 3.37. The van der Waals surface area contributed by atoms with E-state index >= 15 is 0 Å². The molecule has 1 fully saturated rings. The molecule has 1 saturated heterocycles. The highest BCUT2D eigenvalue weighted by Gasteiger charge is 2.56. The van der Waals surface area contributed by atoms with Gasteiger partial charge in [0, 0.05) is 34.9 Å². The number of H-pyrrole nitrogens is 1. The highest BCUT2D eigenvalue weighted by Crippen LogP contribution is 2.48. The smallest absolute Gasteiger partial charge is 0.255 e. The van der Waals surface area contributed by atoms with Crippen molar-refractivity contribution in [3.05, 3.63) is 106 Å². The van der Waals surface area contributed by atoms with Crippen molar-refractivity contribution in [2.75, 3.05) is 13.1 Å². The Kier molecular flexibility index (Phi) is 5.01. The van der Waals surface area contributed by atoms with Gasteiger partial charge in [-0.1, -0.05) is 71.8 Å². The SMILES string of the molecule is Cc1ccc(CN2CC(=O)N3CC(c4ccc(Cl)cc4)c4c([nH]c5ccccc45)C3(C)C2=O)cc1. The summed E-state index contributed by atoms with van der Waals surface area (Å²) < 4.78 is 0. The van der Waals surface area contributed by atoms with Crippen LogP contribution < -0.4 is 0 Å². The summed E-state index contributed by atoms with van der Waals surface area (Å²) in [6.07, 6.45) is 0. The van der Waals surface area contributed by atoms with Crippen LogP contribution >= 0.6 is 11.6 Å². The third-order valence-corrected chi connectivity index (χ3v) is 7.84. The van der Waals surface area contributed by atoms with Crippen molar-refractivity contribution < 1.29 is 9.59 Å². The number of rotatable bonds is 3. The number of carbonyl (C=O) groups is 2. The van der Waals surface area contributed by atoms with E-state index in [0.717, 1.165) is 38.9 Å². The van der Waals surface area contributed by atoms with E-state index in [1.165, 1.54) is 0 Å². The zero-order valence-corrected chi connectivity index (χ0v) is 20.5. The lowest BCUT2D eigenvalue weighted by Gasteiger charge is -2.51. The molecule has 3 aromatic carbocycles. The van der Waals surface area contributed by atoms with E-state index in [-0.39, 0.29) is 24.3 Å². The fourth-order valence-electron chi connectivity index (χ4n) is 5.71. The van der Waals surface area contributed by atoms with Crippen molar-refractivity contribution >= 4 is 34.3 Å². The molecule has 3 heterocycles. The Bertz CT molecular complexity index is 1460. The molecule has 2 aliphatic heterocycles. The number of aromatic amines is 1. The van der Waals surface area contributed by atoms with E-state index in [1.54, 1.807) is 9.80 Å². The Morgan fingerprint density at radius 3 is 2.46 bits per heavy atom. The summed E-state index contributed by atoms with van der Waals surface area (Å²) in [4.78, 5) is 34.7. The van der Waals surface area contributed by atoms with Crippen LogP contribution in [-0.4, -0.2) is 39.7 Å². The number of hydrogen-bond acceptors (Lipinski definition) is 2. The molecule has 1 aromatic heterocycles. The number of fused-ring (bicyclic) bond motifs is 5. The fourth-order valence-corrected chi connectivity index (χ4v) is 5.84. The first-order chi connectivity index (χ1) is 16.9. The zero-order chi connectivity index (χ0) is 24.3. The molecule has 2 aliphatic rings. The lowest BCUT2D eigenvalue weighted by atomic mass is 9.76. The molecular formula is C29H26ClN3O2. The van der Waals surface area contributed by atoms with E-state index in [4.69, 9.17) is 11.6 Å². The number of aryl methyl sites for hydroxylation is 1. The molecule has 0 radical (unpaired) electrons. The summed E-state index contributed by atoms with van der Waals surface area (Å²) in [5.41, 5.74) is 5.01. The molecule has 0 spiro atoms. The second kappa shape index (κ2) is 7.99. The molecule has 0 aliphatic carbocycles. The summed E-state index contributed by atoms with van der Waals surface area (Å²) in [7, 11) is 0. The molecule has 2 unspecified atom stereocenters. The fraction of sp³-hybridized carbons (Fsp3) is 0.241. The first-order valence-corrected chi connectivity index (χ1v) is 12.3. The minimum atomic E-state index is -1.10. The molecule has 2 atom stereocenters. The van der Waals surface area contributed by atoms with Gasteiger partial charge in [0.05, 0.1) is 5.69 Å². The Morgan fingerprint density at radius 1 is 1.00 bits per heavy atom. The van der Waals surface area contributed by atoms with Crippen molar-refractivity contribution in [3.63, 3.8) is 0 Å². The average Bonchev–Trinajstić information content (AvgIpc) is 3.25. The maximum atomic E-state index is 14.1. The average molecular weight is 484 g/mol. The molecular weight excluding hydrogens is 458 g/mol. The van der Waals surface area contributed by atoms with E-state index < -0.39 is 5.54 Å². The lowest BCUT2D eigenvalue weighted by Crippen LogP contribution is -2.67. The normalized spacial score (nSPS) is 21.9. The predicted molar refractivity (Wildman–Crippen MR) is 137 cm³/mol. The first kappa shape index (κ1) is 21.9. The minimum absolute atomic E-state index is 0.0394. The van der Waals surface area contributed by atoms with E-state index in [1.807, 2.05) is 80.6 Å². The number of piperazine rings is 1. The Hall–Kier alpha value is -3.57. The van der Waals surface area contributed by atoms with Gasteiger partial charge >= 0.3 is 0 Å². The van der Waals surface area contributed by atoms with Crippen LogP contribution in [0.3, 0.4) is 0 Å². The van der Waals surface area contributed by atoms with Crippen molar-refractivity contribution in [1.29, 1.82) is 0 Å². The van der Waals surface area contributed by atoms with Crippen LogP contribution in [0.2, 0.25) is 5.02 Å². The van der Waals surface area contributed by atoms with Crippen LogP contribution in [0.25, 0.3) is 10.9 Å². The summed E-state index contributed by atoms with van der Waals surface area (Å²) in [6, 6.07) is 24.0. The number of carbonyl (C=O) groups excluding carboxylic acids is 2. The molecule has 4 aromatic rings. The highest BCUT2D eigenvalue weighted by atomic mass is 35.5. The molecule has 5 nitrogen and oxygen atoms in total. The Labute approximate surface area is 209 Å². The van der Waals surface area contributed by atoms with E-state index in [9.17, 15) is 9.59 Å². The number of halogens is 1. The van der Waals surface area contributed by atoms with Gasteiger partial charge in [0.25, 0.3) is 5.91 Å². The Balaban J connectivity index is 1.49. The lowest BCUT2D eigenvalue weighted by molar-refractivity contribution is -0.166. The first-order valence-electron chi connectivity index (χ1n) is 11.9. The van der Waals surface area contributed by atoms with Gasteiger partial charge in [0.1, 0.15) is 6.54 Å². The monoisotopic (exact) mass is 483 g/mol. The molecule has 176 valence electrons. The van der Waals surface area contributed by atoms with Crippen LogP contribution in [0.15, 0.2) is 72.8 Å². The Morgan fingerprint density at radius 2 is 1.71 bits per heavy atom. The number of benzene rings is 3. The van der Waals surface area contributed by atoms with Crippen molar-refractivity contribution in [2.45, 2.75) is 31.8 Å². The second-order valence-electron chi connectivity index (χ2n) is 9.79. The number of nitrogens with zero attached hydrogens (tertiary/aromatic N) is 2. The maximum absolute atomic E-state index is 14.1. The van der Waals surface area contributed by atoms with Gasteiger partial charge in [-0.2, -0.15) is 0 Å². The van der Waals surface area contributed by atoms with Gasteiger partial charge in [-0.15, -0.1) is 0 Å². The van der Waals surface area contributed by atoms with Gasteiger partial charge in [-0.25, -0.2) is 0 Å². The van der Waals surface area contributed by atoms with Gasteiger partial charge in [-0.3, -0.25) is 9.59 Å². The van der Waals surface area contributed by atoms with Crippen LogP contribution in [0.5, 0.6) is 0 Å². The van der Waals surface area contributed by atoms with Gasteiger partial charge in [0.2, 0.25) is 5.91 Å². The van der Waals surface area contributed by atoms with Crippen molar-refractivity contribution in [1.82, 2.24) is 14.8 Å². The zero-order valence-electron chi connectivity index (χ0n) is 19.7. The van der Waals surface area contributed by atoms with E-state index in [0.29, 0.717) is 18.1 Å². The van der Waals surface area contributed by atoms with Gasteiger partial charge in [-0.05, 0) is 48.7 Å². The molecule has 6 rings (SSSR count). The largest absolute Gasteiger partial charge is 0.356 e. The number of amides is 2. The quantitative estimate of drug-likeness (QED) is 0.426. The number of para-hydroxylation sites is 1. The number of hydrogen-bond donors (Lipinski definition) is 1. The summed E-state index contributed by atoms with van der Waals surface area (Å²) in [5, 5.41) is 1.75. The molecule has 35 heavy (non-hydrogen) atoms.